The van der Waals surface area contributed by atoms with E-state index in [2.05, 4.69) is 48.0 Å². The molecule has 0 saturated carbocycles. The summed E-state index contributed by atoms with van der Waals surface area (Å²) in [5.41, 5.74) is 5.70. The Morgan fingerprint density at radius 1 is 0.452 bits per heavy atom. The monoisotopic (exact) mass is 718 g/mol. The van der Waals surface area contributed by atoms with E-state index < -0.39 is 0 Å². The Bertz CT molecular complexity index is 852. The van der Waals surface area contributed by atoms with E-state index in [1.54, 1.807) is 0 Å². The molecule has 0 aromatic heterocycles. The number of carbonyl (C=O) groups excluding carboxylic acids is 3. The molecule has 0 bridgehead atoms. The minimum atomic E-state index is 0. The first-order chi connectivity index (χ1) is 14.1. The number of hydrogen-bond acceptors (Lipinski definition) is 3. The van der Waals surface area contributed by atoms with Crippen LogP contribution < -0.4 is 0 Å². The van der Waals surface area contributed by atoms with Crippen LogP contribution in [0.3, 0.4) is 0 Å². The minimum absolute atomic E-state index is 0. The van der Waals surface area contributed by atoms with E-state index in [4.69, 9.17) is 0 Å². The molecule has 0 aliphatic carbocycles. The molecule has 7 heteroatoms. The molecule has 0 saturated heterocycles. The van der Waals surface area contributed by atoms with Crippen molar-refractivity contribution in [2.75, 3.05) is 0 Å². The van der Waals surface area contributed by atoms with Crippen molar-refractivity contribution in [3.05, 3.63) is 106 Å². The van der Waals surface area contributed by atoms with Gasteiger partial charge in [-0.2, -0.15) is 0 Å². The SMILES string of the molecule is Cc1ccc(C(=O)[Se-])cc1.Cc1ccc(C(=O)[Se-])cc1.Cc1ccc(C(=O)[Se-])cc1.[Sb+3]. The Labute approximate surface area is 226 Å². The van der Waals surface area contributed by atoms with Crippen molar-refractivity contribution >= 4 is 86.5 Å². The summed E-state index contributed by atoms with van der Waals surface area (Å²) in [4.78, 5) is 32.1. The molecule has 3 aromatic carbocycles. The van der Waals surface area contributed by atoms with Crippen molar-refractivity contribution in [3.63, 3.8) is 0 Å². The van der Waals surface area contributed by atoms with Crippen molar-refractivity contribution in [3.8, 4) is 0 Å². The second-order valence-electron chi connectivity index (χ2n) is 6.46. The Morgan fingerprint density at radius 2 is 0.613 bits per heavy atom. The fourth-order valence-corrected chi connectivity index (χ4v) is 2.93. The Hall–Kier alpha value is -0.953. The Balaban J connectivity index is 0.000000429. The van der Waals surface area contributed by atoms with Gasteiger partial charge in [0.15, 0.2) is 0 Å². The van der Waals surface area contributed by atoms with Crippen LogP contribution >= 0.6 is 0 Å². The van der Waals surface area contributed by atoms with Gasteiger partial charge in [0.1, 0.15) is 0 Å². The van der Waals surface area contributed by atoms with Gasteiger partial charge in [-0.1, -0.05) is 0 Å². The zero-order chi connectivity index (χ0) is 22.7. The number of hydrogen-bond donors (Lipinski definition) is 0. The van der Waals surface area contributed by atoms with E-state index in [-0.39, 0.29) is 38.5 Å². The summed E-state index contributed by atoms with van der Waals surface area (Å²) in [7, 11) is 0. The van der Waals surface area contributed by atoms with E-state index in [0.717, 1.165) is 16.7 Å². The van der Waals surface area contributed by atoms with Crippen LogP contribution in [0.4, 0.5) is 0 Å². The van der Waals surface area contributed by atoms with Crippen molar-refractivity contribution < 1.29 is 14.4 Å². The van der Waals surface area contributed by atoms with Gasteiger partial charge >= 0.3 is 228 Å². The molecule has 3 aromatic rings. The molecule has 0 heterocycles. The second-order valence-corrected chi connectivity index (χ2v) is 8.79. The van der Waals surface area contributed by atoms with Crippen LogP contribution in [-0.2, 0) is 0 Å². The first-order valence-electron chi connectivity index (χ1n) is 8.94. The third-order valence-corrected chi connectivity index (χ3v) is 5.35. The Morgan fingerprint density at radius 3 is 0.742 bits per heavy atom. The number of carbonyl (C=O) groups is 3. The van der Waals surface area contributed by atoms with Crippen LogP contribution in [0.1, 0.15) is 47.8 Å². The quantitative estimate of drug-likeness (QED) is 0.391. The molecule has 0 aliphatic rings. The van der Waals surface area contributed by atoms with Gasteiger partial charge < -0.3 is 0 Å². The van der Waals surface area contributed by atoms with Crippen molar-refractivity contribution in [2.24, 2.45) is 0 Å². The fraction of sp³-hybridized carbons (Fsp3) is 0.125. The van der Waals surface area contributed by atoms with Crippen molar-refractivity contribution in [1.82, 2.24) is 0 Å². The van der Waals surface area contributed by atoms with Crippen LogP contribution in [0, 0.1) is 20.8 Å². The molecular weight excluding hydrogens is 695 g/mol. The van der Waals surface area contributed by atoms with E-state index in [1.807, 2.05) is 93.6 Å². The van der Waals surface area contributed by atoms with Crippen molar-refractivity contribution in [2.45, 2.75) is 20.8 Å². The third kappa shape index (κ3) is 12.6. The predicted molar refractivity (Wildman–Crippen MR) is 130 cm³/mol. The largest absolute Gasteiger partial charge is 3.00 e. The third-order valence-electron chi connectivity index (χ3n) is 3.86. The van der Waals surface area contributed by atoms with Crippen LogP contribution in [-0.4, -0.2) is 86.5 Å². The van der Waals surface area contributed by atoms with E-state index in [1.165, 1.54) is 16.7 Å². The molecule has 0 amide bonds. The molecule has 2 radical (unpaired) electrons. The fourth-order valence-electron chi connectivity index (χ4n) is 2.07. The average Bonchev–Trinajstić information content (AvgIpc) is 2.70. The zero-order valence-corrected chi connectivity index (χ0v) is 25.0. The second kappa shape index (κ2) is 15.8. The van der Waals surface area contributed by atoms with Gasteiger partial charge in [-0.15, -0.1) is 0 Å². The van der Waals surface area contributed by atoms with Crippen molar-refractivity contribution in [1.29, 1.82) is 0 Å². The summed E-state index contributed by atoms with van der Waals surface area (Å²) in [6, 6.07) is 22.4. The molecular formula is C24H21O3SbSe3. The topological polar surface area (TPSA) is 51.2 Å². The van der Waals surface area contributed by atoms with Gasteiger partial charge in [0.05, 0.1) is 0 Å². The van der Waals surface area contributed by atoms with Crippen LogP contribution in [0.5, 0.6) is 0 Å². The zero-order valence-electron chi connectivity index (χ0n) is 17.3. The molecule has 0 spiro atoms. The molecule has 3 nitrogen and oxygen atoms in total. The molecule has 31 heavy (non-hydrogen) atoms. The maximum absolute atomic E-state index is 10.7. The predicted octanol–water partition coefficient (Wildman–Crippen LogP) is 3.53. The maximum atomic E-state index is 10.7. The average molecular weight is 716 g/mol. The molecule has 0 atom stereocenters. The maximum Gasteiger partial charge on any atom is 3.00 e. The van der Waals surface area contributed by atoms with Crippen LogP contribution in [0.2, 0.25) is 0 Å². The van der Waals surface area contributed by atoms with Gasteiger partial charge in [-0.05, 0) is 0 Å². The standard InChI is InChI=1S/3C8H8OSe.Sb/c3*1-6-2-4-7(5-3-6)8(9)10;/h3*2-5H,1H3,(H,9,10);/q;;;+3/p-3. The summed E-state index contributed by atoms with van der Waals surface area (Å²) < 4.78 is 0.00000000000000133. The molecule has 0 aliphatic heterocycles. The normalized spacial score (nSPS) is 9.00. The molecule has 0 N–H and O–H groups in total. The van der Waals surface area contributed by atoms with Gasteiger partial charge in [0.2, 0.25) is 0 Å². The summed E-state index contributed by atoms with van der Waals surface area (Å²) in [6.45, 7) is 5.98. The minimum Gasteiger partial charge on any atom is 3.00 e. The van der Waals surface area contributed by atoms with Gasteiger partial charge in [0.25, 0.3) is 0 Å². The van der Waals surface area contributed by atoms with Gasteiger partial charge in [0, 0.05) is 0 Å². The van der Waals surface area contributed by atoms with E-state index in [9.17, 15) is 14.4 Å². The molecule has 158 valence electrons. The summed E-state index contributed by atoms with van der Waals surface area (Å²) in [6.07, 6.45) is 0. The van der Waals surface area contributed by atoms with Crippen LogP contribution in [0.15, 0.2) is 72.8 Å². The first-order valence-corrected chi connectivity index (χ1v) is 11.5. The number of benzene rings is 3. The summed E-state index contributed by atoms with van der Waals surface area (Å²) in [5, 5.41) is 0. The molecule has 0 unspecified atom stereocenters. The molecule has 3 rings (SSSR count). The first kappa shape index (κ1) is 30.0. The van der Waals surface area contributed by atoms with Gasteiger partial charge in [-0.3, -0.25) is 0 Å². The number of rotatable bonds is 3. The van der Waals surface area contributed by atoms with E-state index >= 15 is 0 Å². The summed E-state index contributed by atoms with van der Waals surface area (Å²) >= 11 is 7.31. The Kier molecular flexibility index (Phi) is 15.3. The smallest absolute Gasteiger partial charge is 3.00 e. The van der Waals surface area contributed by atoms with Crippen LogP contribution in [0.25, 0.3) is 0 Å². The van der Waals surface area contributed by atoms with Gasteiger partial charge in [-0.25, -0.2) is 0 Å². The summed E-state index contributed by atoms with van der Waals surface area (Å²) in [5.74, 6) is 0. The van der Waals surface area contributed by atoms with E-state index in [0.29, 0.717) is 0 Å². The number of aryl methyl sites for hydroxylation is 3. The molecule has 0 fully saturated rings.